The first-order chi connectivity index (χ1) is 14.7. The van der Waals surface area contributed by atoms with Gasteiger partial charge < -0.3 is 30.0 Å². The number of rotatable bonds is 0. The molecule has 2 aliphatic heterocycles. The Morgan fingerprint density at radius 1 is 0.600 bits per heavy atom. The predicted molar refractivity (Wildman–Crippen MR) is 132 cm³/mol. The van der Waals surface area contributed by atoms with E-state index in [4.69, 9.17) is 0 Å². The summed E-state index contributed by atoms with van der Waals surface area (Å²) < 4.78 is 69.5. The Morgan fingerprint density at radius 3 is 1.06 bits per heavy atom. The molecule has 0 aliphatic carbocycles. The van der Waals surface area contributed by atoms with Gasteiger partial charge in [-0.1, -0.05) is 36.4 Å². The van der Waals surface area contributed by atoms with Crippen LogP contribution in [0, 0.1) is 0 Å². The van der Waals surface area contributed by atoms with Crippen molar-refractivity contribution in [2.45, 2.75) is 9.79 Å². The van der Waals surface area contributed by atoms with Crippen molar-refractivity contribution in [2.24, 2.45) is 0 Å². The van der Waals surface area contributed by atoms with E-state index in [1.807, 2.05) is 0 Å². The number of fused-ring (bicyclic) bond motifs is 2. The number of nitrogens with zero attached hydrogens (tertiary/aromatic N) is 2. The number of hydrogen-bond acceptors (Lipinski definition) is 8. The summed E-state index contributed by atoms with van der Waals surface area (Å²) in [7, 11) is -8.58. The van der Waals surface area contributed by atoms with Crippen LogP contribution in [-0.4, -0.2) is 62.1 Å². The van der Waals surface area contributed by atoms with Crippen molar-refractivity contribution in [3.05, 3.63) is 69.1 Å². The summed E-state index contributed by atoms with van der Waals surface area (Å²) in [5.41, 5.74) is 0.329. The second-order valence-corrected chi connectivity index (χ2v) is 12.3. The molecule has 2 aliphatic rings. The number of sulfonamides is 2. The summed E-state index contributed by atoms with van der Waals surface area (Å²) in [5, 5.41) is 0. The van der Waals surface area contributed by atoms with E-state index in [1.54, 1.807) is 49.3 Å². The maximum atomic E-state index is 11.1. The Morgan fingerprint density at radius 2 is 0.829 bits per heavy atom. The van der Waals surface area contributed by atoms with Gasteiger partial charge in [0.15, 0.2) is 0 Å². The van der Waals surface area contributed by atoms with Gasteiger partial charge in [-0.05, 0) is 12.1 Å². The molecule has 17 heteroatoms. The molecule has 35 heavy (non-hydrogen) atoms. The minimum absolute atomic E-state index is 0. The zero-order valence-electron chi connectivity index (χ0n) is 18.9. The van der Waals surface area contributed by atoms with Gasteiger partial charge in [-0.3, -0.25) is 8.42 Å². The zero-order chi connectivity index (χ0) is 24.7. The van der Waals surface area contributed by atoms with E-state index < -0.39 is 53.5 Å². The third-order valence-corrected chi connectivity index (χ3v) is 5.83. The van der Waals surface area contributed by atoms with Crippen LogP contribution in [0.3, 0.4) is 0 Å². The fourth-order valence-corrected chi connectivity index (χ4v) is 4.35. The molecule has 6 N–H and O–H groups in total. The average Bonchev–Trinajstić information content (AvgIpc) is 3.04. The van der Waals surface area contributed by atoms with E-state index in [-0.39, 0.29) is 48.6 Å². The Balaban J connectivity index is -0.000000424. The summed E-state index contributed by atoms with van der Waals surface area (Å²) in [6.45, 7) is 0. The molecule has 0 fully saturated rings. The SMILES string of the molecule is CS(C)=O.CS(C)=O.O=C1[N-]S(=O)(=O)c2ccccc21.O=C1[N-]S(=O)(=O)c2ccccc21.[Co+2].[OH3+].[OH3+]. The molecule has 2 aromatic rings. The number of carbonyl (C=O) groups excluding carboxylic acids is 2. The molecule has 0 saturated heterocycles. The molecule has 12 nitrogen and oxygen atoms in total. The van der Waals surface area contributed by atoms with Gasteiger partial charge in [0.05, 0.1) is 21.6 Å². The molecule has 2 aromatic carbocycles. The van der Waals surface area contributed by atoms with Crippen molar-refractivity contribution >= 4 is 53.5 Å². The van der Waals surface area contributed by atoms with Crippen LogP contribution < -0.4 is 0 Å². The van der Waals surface area contributed by atoms with Crippen LogP contribution >= 0.6 is 0 Å². The molecule has 2 heterocycles. The monoisotopic (exact) mass is 617 g/mol. The summed E-state index contributed by atoms with van der Waals surface area (Å²) in [4.78, 5) is 21.9. The molecular weight excluding hydrogens is 591 g/mol. The van der Waals surface area contributed by atoms with Gasteiger partial charge in [-0.2, -0.15) is 0 Å². The largest absolute Gasteiger partial charge is 2.00 e. The smallest absolute Gasteiger partial charge is 0.537 e. The molecular formula is C18H26CoN2O10S4+2. The fourth-order valence-electron chi connectivity index (χ4n) is 2.15. The van der Waals surface area contributed by atoms with Crippen LogP contribution in [-0.2, 0) is 69.4 Å². The molecule has 0 unspecified atom stereocenters. The fraction of sp³-hybridized carbons (Fsp3) is 0.222. The molecule has 4 rings (SSSR count). The predicted octanol–water partition coefficient (Wildman–Crippen LogP) is -0.0513. The molecule has 199 valence electrons. The topological polar surface area (TPSA) is 231 Å². The second-order valence-electron chi connectivity index (χ2n) is 6.22. The third kappa shape index (κ3) is 11.5. The first-order valence-corrected chi connectivity index (χ1v) is 15.2. The number of hydrogen-bond donors (Lipinski definition) is 0. The van der Waals surface area contributed by atoms with Gasteiger partial charge in [0, 0.05) is 57.7 Å². The van der Waals surface area contributed by atoms with E-state index in [0.29, 0.717) is 0 Å². The van der Waals surface area contributed by atoms with Crippen LogP contribution in [0.2, 0.25) is 0 Å². The molecule has 0 spiro atoms. The van der Waals surface area contributed by atoms with Crippen molar-refractivity contribution in [1.82, 2.24) is 0 Å². The number of amides is 2. The van der Waals surface area contributed by atoms with Crippen LogP contribution in [0.25, 0.3) is 9.44 Å². The molecule has 0 aromatic heterocycles. The minimum Gasteiger partial charge on any atom is -0.537 e. The summed E-state index contributed by atoms with van der Waals surface area (Å²) in [6.07, 6.45) is 6.56. The third-order valence-electron chi connectivity index (χ3n) is 3.20. The van der Waals surface area contributed by atoms with Crippen molar-refractivity contribution in [1.29, 1.82) is 0 Å². The zero-order valence-corrected chi connectivity index (χ0v) is 23.2. The van der Waals surface area contributed by atoms with Gasteiger partial charge in [0.25, 0.3) is 0 Å². The Hall–Kier alpha value is -1.99. The summed E-state index contributed by atoms with van der Waals surface area (Å²) >= 11 is 0. The summed E-state index contributed by atoms with van der Waals surface area (Å²) in [5.74, 6) is -1.35. The van der Waals surface area contributed by atoms with E-state index in [0.717, 1.165) is 0 Å². The van der Waals surface area contributed by atoms with Crippen molar-refractivity contribution in [3.63, 3.8) is 0 Å². The summed E-state index contributed by atoms with van der Waals surface area (Å²) in [6, 6.07) is 12.0. The average molecular weight is 618 g/mol. The van der Waals surface area contributed by atoms with Gasteiger partial charge in [0.2, 0.25) is 0 Å². The maximum absolute atomic E-state index is 11.1. The molecule has 2 amide bonds. The van der Waals surface area contributed by atoms with Gasteiger partial charge in [0.1, 0.15) is 20.0 Å². The van der Waals surface area contributed by atoms with Crippen molar-refractivity contribution < 1.29 is 62.6 Å². The van der Waals surface area contributed by atoms with Crippen molar-refractivity contribution in [3.8, 4) is 0 Å². The number of benzene rings is 2. The van der Waals surface area contributed by atoms with Gasteiger partial charge in [-0.25, -0.2) is 16.8 Å². The van der Waals surface area contributed by atoms with E-state index in [9.17, 15) is 34.8 Å². The standard InChI is InChI=1S/2C7H5NO3S.2C2H6OS.Co.2H2O/c2*9-7-5-3-1-2-4-6(5)12(10,11)8-7;2*1-4(2)3;;;/h2*1-4H,(H,8,9);2*1-2H3;;2*1H2/q;;;;+2;;. The van der Waals surface area contributed by atoms with Crippen LogP contribution in [0.15, 0.2) is 58.3 Å². The quantitative estimate of drug-likeness (QED) is 0.363. The van der Waals surface area contributed by atoms with Crippen LogP contribution in [0.5, 0.6) is 0 Å². The molecule has 0 atom stereocenters. The molecule has 0 bridgehead atoms. The van der Waals surface area contributed by atoms with E-state index >= 15 is 0 Å². The second kappa shape index (κ2) is 15.9. The van der Waals surface area contributed by atoms with E-state index in [1.165, 1.54) is 24.3 Å². The van der Waals surface area contributed by atoms with Crippen LogP contribution in [0.4, 0.5) is 0 Å². The molecule has 0 saturated carbocycles. The van der Waals surface area contributed by atoms with Gasteiger partial charge >= 0.3 is 16.8 Å². The Kier molecular flexibility index (Phi) is 17.0. The first kappa shape index (κ1) is 37.6. The first-order valence-electron chi connectivity index (χ1n) is 8.42. The molecule has 1 radical (unpaired) electrons. The van der Waals surface area contributed by atoms with Gasteiger partial charge in [-0.15, -0.1) is 0 Å². The Bertz CT molecular complexity index is 1170. The van der Waals surface area contributed by atoms with Crippen LogP contribution in [0.1, 0.15) is 20.7 Å². The maximum Gasteiger partial charge on any atom is 2.00 e. The van der Waals surface area contributed by atoms with E-state index in [2.05, 4.69) is 9.44 Å². The normalized spacial score (nSPS) is 14.7. The number of carbonyl (C=O) groups is 2. The Labute approximate surface area is 219 Å². The minimum atomic E-state index is -3.68. The van der Waals surface area contributed by atoms with Crippen molar-refractivity contribution in [2.75, 3.05) is 25.0 Å².